The molecular weight excluding hydrogens is 272 g/mol. The quantitative estimate of drug-likeness (QED) is 0.869. The number of hydrogen-bond acceptors (Lipinski definition) is 2. The fourth-order valence-corrected chi connectivity index (χ4v) is 3.10. The van der Waals surface area contributed by atoms with Gasteiger partial charge in [0.25, 0.3) is 0 Å². The molecule has 1 saturated carbocycles. The Kier molecular flexibility index (Phi) is 5.86. The minimum atomic E-state index is -0.0175. The third kappa shape index (κ3) is 5.14. The average molecular weight is 295 g/mol. The largest absolute Gasteiger partial charge is 0.325 e. The number of carbonyl (C=O) groups is 1. The molecule has 2 atom stereocenters. The van der Waals surface area contributed by atoms with Crippen molar-refractivity contribution in [1.29, 1.82) is 0 Å². The van der Waals surface area contributed by atoms with Crippen LogP contribution < -0.4 is 10.6 Å². The van der Waals surface area contributed by atoms with Crippen molar-refractivity contribution in [2.45, 2.75) is 32.6 Å². The summed E-state index contributed by atoms with van der Waals surface area (Å²) in [4.78, 5) is 11.8. The lowest BCUT2D eigenvalue weighted by atomic mass is 9.82. The van der Waals surface area contributed by atoms with Gasteiger partial charge in [0, 0.05) is 10.7 Å². The summed E-state index contributed by atoms with van der Waals surface area (Å²) < 4.78 is 0. The Morgan fingerprint density at radius 2 is 2.25 bits per heavy atom. The Labute approximate surface area is 126 Å². The minimum Gasteiger partial charge on any atom is -0.325 e. The van der Waals surface area contributed by atoms with Crippen LogP contribution in [-0.2, 0) is 4.79 Å². The van der Waals surface area contributed by atoms with Gasteiger partial charge in [0.05, 0.1) is 6.54 Å². The van der Waals surface area contributed by atoms with E-state index in [1.54, 1.807) is 12.1 Å². The highest BCUT2D eigenvalue weighted by Crippen LogP contribution is 2.27. The second-order valence-electron chi connectivity index (χ2n) is 5.83. The molecule has 0 bridgehead atoms. The third-order valence-electron chi connectivity index (χ3n) is 3.87. The van der Waals surface area contributed by atoms with Crippen LogP contribution in [0.4, 0.5) is 5.69 Å². The summed E-state index contributed by atoms with van der Waals surface area (Å²) in [5.74, 6) is 1.53. The number of amides is 1. The van der Waals surface area contributed by atoms with Crippen molar-refractivity contribution in [2.75, 3.05) is 18.4 Å². The van der Waals surface area contributed by atoms with Crippen LogP contribution in [0.25, 0.3) is 0 Å². The maximum absolute atomic E-state index is 11.8. The molecule has 0 aromatic heterocycles. The molecule has 1 fully saturated rings. The summed E-state index contributed by atoms with van der Waals surface area (Å²) >= 11 is 5.88. The molecular formula is C16H23ClN2O. The second kappa shape index (κ2) is 7.65. The number of hydrogen-bond donors (Lipinski definition) is 2. The van der Waals surface area contributed by atoms with Gasteiger partial charge in [-0.05, 0) is 49.4 Å². The Morgan fingerprint density at radius 3 is 3.00 bits per heavy atom. The molecule has 0 spiro atoms. The summed E-state index contributed by atoms with van der Waals surface area (Å²) in [5, 5.41) is 6.74. The van der Waals surface area contributed by atoms with Gasteiger partial charge in [-0.3, -0.25) is 4.79 Å². The van der Waals surface area contributed by atoms with Crippen LogP contribution >= 0.6 is 11.6 Å². The molecule has 0 heterocycles. The van der Waals surface area contributed by atoms with Gasteiger partial charge in [-0.2, -0.15) is 0 Å². The Bertz CT molecular complexity index is 450. The zero-order chi connectivity index (χ0) is 14.4. The molecule has 1 aliphatic rings. The van der Waals surface area contributed by atoms with E-state index in [-0.39, 0.29) is 5.91 Å². The van der Waals surface area contributed by atoms with Crippen molar-refractivity contribution in [3.05, 3.63) is 29.3 Å². The Hall–Kier alpha value is -1.06. The van der Waals surface area contributed by atoms with Crippen molar-refractivity contribution in [3.8, 4) is 0 Å². The number of halogens is 1. The molecule has 1 aromatic carbocycles. The first kappa shape index (κ1) is 15.3. The van der Waals surface area contributed by atoms with E-state index in [9.17, 15) is 4.79 Å². The number of benzene rings is 1. The van der Waals surface area contributed by atoms with Crippen LogP contribution in [0.2, 0.25) is 5.02 Å². The van der Waals surface area contributed by atoms with E-state index >= 15 is 0 Å². The van der Waals surface area contributed by atoms with E-state index in [2.05, 4.69) is 17.6 Å². The van der Waals surface area contributed by atoms with Gasteiger partial charge in [-0.15, -0.1) is 0 Å². The number of rotatable bonds is 5. The van der Waals surface area contributed by atoms with Gasteiger partial charge in [-0.25, -0.2) is 0 Å². The molecule has 0 aliphatic heterocycles. The molecule has 3 nitrogen and oxygen atoms in total. The molecule has 0 radical (unpaired) electrons. The molecule has 2 unspecified atom stereocenters. The zero-order valence-corrected chi connectivity index (χ0v) is 12.7. The second-order valence-corrected chi connectivity index (χ2v) is 6.26. The summed E-state index contributed by atoms with van der Waals surface area (Å²) in [6, 6.07) is 7.21. The SMILES string of the molecule is CC1CCCC(CNCC(=O)Nc2cccc(Cl)c2)C1. The Morgan fingerprint density at radius 1 is 1.40 bits per heavy atom. The minimum absolute atomic E-state index is 0.0175. The van der Waals surface area contributed by atoms with Crippen LogP contribution in [0.15, 0.2) is 24.3 Å². The first-order valence-electron chi connectivity index (χ1n) is 7.39. The van der Waals surface area contributed by atoms with Crippen LogP contribution in [0.5, 0.6) is 0 Å². The molecule has 20 heavy (non-hydrogen) atoms. The van der Waals surface area contributed by atoms with E-state index in [0.29, 0.717) is 11.6 Å². The van der Waals surface area contributed by atoms with E-state index in [1.165, 1.54) is 25.7 Å². The molecule has 110 valence electrons. The van der Waals surface area contributed by atoms with Crippen molar-refractivity contribution in [3.63, 3.8) is 0 Å². The lowest BCUT2D eigenvalue weighted by Gasteiger charge is -2.26. The average Bonchev–Trinajstić information content (AvgIpc) is 2.38. The van der Waals surface area contributed by atoms with Gasteiger partial charge in [0.2, 0.25) is 5.91 Å². The maximum Gasteiger partial charge on any atom is 0.238 e. The molecule has 1 aromatic rings. The predicted molar refractivity (Wildman–Crippen MR) is 84.1 cm³/mol. The van der Waals surface area contributed by atoms with Crippen molar-refractivity contribution < 1.29 is 4.79 Å². The molecule has 0 saturated heterocycles. The number of nitrogens with one attached hydrogen (secondary N) is 2. The van der Waals surface area contributed by atoms with Gasteiger partial charge >= 0.3 is 0 Å². The van der Waals surface area contributed by atoms with Gasteiger partial charge in [0.15, 0.2) is 0 Å². The highest BCUT2D eigenvalue weighted by atomic mass is 35.5. The normalized spacial score (nSPS) is 22.5. The standard InChI is InChI=1S/C16H23ClN2O/c1-12-4-2-5-13(8-12)10-18-11-16(20)19-15-7-3-6-14(17)9-15/h3,6-7,9,12-13,18H,2,4-5,8,10-11H2,1H3,(H,19,20). The number of carbonyl (C=O) groups excluding carboxylic acids is 1. The first-order chi connectivity index (χ1) is 9.63. The lowest BCUT2D eigenvalue weighted by molar-refractivity contribution is -0.115. The molecule has 4 heteroatoms. The first-order valence-corrected chi connectivity index (χ1v) is 7.77. The highest BCUT2D eigenvalue weighted by molar-refractivity contribution is 6.30. The topological polar surface area (TPSA) is 41.1 Å². The van der Waals surface area contributed by atoms with Crippen LogP contribution in [-0.4, -0.2) is 19.0 Å². The number of anilines is 1. The fourth-order valence-electron chi connectivity index (χ4n) is 2.91. The molecule has 2 N–H and O–H groups in total. The lowest BCUT2D eigenvalue weighted by Crippen LogP contribution is -2.33. The fraction of sp³-hybridized carbons (Fsp3) is 0.562. The maximum atomic E-state index is 11.8. The highest BCUT2D eigenvalue weighted by Gasteiger charge is 2.18. The smallest absolute Gasteiger partial charge is 0.238 e. The van der Waals surface area contributed by atoms with Crippen molar-refractivity contribution in [1.82, 2.24) is 5.32 Å². The summed E-state index contributed by atoms with van der Waals surface area (Å²) in [5.41, 5.74) is 0.746. The van der Waals surface area contributed by atoms with E-state index < -0.39 is 0 Å². The summed E-state index contributed by atoms with van der Waals surface area (Å²) in [6.45, 7) is 3.61. The van der Waals surface area contributed by atoms with Crippen molar-refractivity contribution in [2.24, 2.45) is 11.8 Å². The predicted octanol–water partition coefficient (Wildman–Crippen LogP) is 3.69. The molecule has 1 amide bonds. The molecule has 2 rings (SSSR count). The van der Waals surface area contributed by atoms with Gasteiger partial charge < -0.3 is 10.6 Å². The molecule has 1 aliphatic carbocycles. The van der Waals surface area contributed by atoms with E-state index in [1.807, 2.05) is 12.1 Å². The summed E-state index contributed by atoms with van der Waals surface area (Å²) in [6.07, 6.45) is 5.24. The zero-order valence-electron chi connectivity index (χ0n) is 12.0. The van der Waals surface area contributed by atoms with E-state index in [4.69, 9.17) is 11.6 Å². The van der Waals surface area contributed by atoms with E-state index in [0.717, 1.165) is 24.1 Å². The third-order valence-corrected chi connectivity index (χ3v) is 4.11. The van der Waals surface area contributed by atoms with Crippen LogP contribution in [0, 0.1) is 11.8 Å². The summed E-state index contributed by atoms with van der Waals surface area (Å²) in [7, 11) is 0. The Balaban J connectivity index is 1.67. The van der Waals surface area contributed by atoms with Crippen LogP contribution in [0.3, 0.4) is 0 Å². The monoisotopic (exact) mass is 294 g/mol. The van der Waals surface area contributed by atoms with Crippen LogP contribution in [0.1, 0.15) is 32.6 Å². The van der Waals surface area contributed by atoms with Gasteiger partial charge in [0.1, 0.15) is 0 Å². The van der Waals surface area contributed by atoms with Gasteiger partial charge in [-0.1, -0.05) is 37.4 Å². The van der Waals surface area contributed by atoms with Crippen molar-refractivity contribution >= 4 is 23.2 Å².